The molecular weight excluding hydrogens is 322 g/mol. The quantitative estimate of drug-likeness (QED) is 0.843. The number of nitrogens with zero attached hydrogens (tertiary/aromatic N) is 1. The van der Waals surface area contributed by atoms with Gasteiger partial charge in [0.25, 0.3) is 0 Å². The number of hydrogen-bond acceptors (Lipinski definition) is 3. The van der Waals surface area contributed by atoms with Crippen LogP contribution in [-0.2, 0) is 17.7 Å². The summed E-state index contributed by atoms with van der Waals surface area (Å²) in [6.45, 7) is 1.85. The van der Waals surface area contributed by atoms with Gasteiger partial charge in [0.15, 0.2) is 0 Å². The van der Waals surface area contributed by atoms with Crippen molar-refractivity contribution in [3.63, 3.8) is 0 Å². The second kappa shape index (κ2) is 6.34. The lowest BCUT2D eigenvalue weighted by Gasteiger charge is -2.37. The van der Waals surface area contributed by atoms with Crippen molar-refractivity contribution in [2.75, 3.05) is 6.54 Å². The summed E-state index contributed by atoms with van der Waals surface area (Å²) in [5.74, 6) is 0.483. The summed E-state index contributed by atoms with van der Waals surface area (Å²) in [4.78, 5) is 2.44. The van der Waals surface area contributed by atoms with Gasteiger partial charge < -0.3 is 9.84 Å². The number of aliphatic hydroxyl groups excluding tert-OH is 1. The Bertz CT molecular complexity index is 790. The number of aliphatic hydroxyl groups is 1. The maximum Gasteiger partial charge on any atom is 0.109 e. The Hall–Kier alpha value is -1.94. The molecule has 0 aliphatic carbocycles. The average molecular weight is 347 g/mol. The lowest BCUT2D eigenvalue weighted by atomic mass is 9.79. The fourth-order valence-corrected chi connectivity index (χ4v) is 5.22. The second-order valence-electron chi connectivity index (χ2n) is 7.92. The Kier molecular flexibility index (Phi) is 3.96. The largest absolute Gasteiger partial charge is 0.391 e. The van der Waals surface area contributed by atoms with E-state index in [0.717, 1.165) is 19.5 Å². The zero-order valence-electron chi connectivity index (χ0n) is 14.9. The molecule has 0 aromatic heterocycles. The molecule has 0 amide bonds. The summed E-state index contributed by atoms with van der Waals surface area (Å²) in [5, 5.41) is 11.3. The molecule has 134 valence electrons. The van der Waals surface area contributed by atoms with Crippen LogP contribution in [-0.4, -0.2) is 40.4 Å². The van der Waals surface area contributed by atoms with Crippen LogP contribution in [0.15, 0.2) is 72.8 Å². The zero-order valence-corrected chi connectivity index (χ0v) is 14.9. The van der Waals surface area contributed by atoms with E-state index in [1.165, 1.54) is 11.1 Å². The van der Waals surface area contributed by atoms with Crippen LogP contribution in [0.25, 0.3) is 0 Å². The number of fused-ring (bicyclic) bond motifs is 1. The Labute approximate surface area is 154 Å². The lowest BCUT2D eigenvalue weighted by molar-refractivity contribution is -0.0580. The molecule has 3 heteroatoms. The van der Waals surface area contributed by atoms with E-state index in [1.54, 1.807) is 0 Å². The first kappa shape index (κ1) is 16.2. The van der Waals surface area contributed by atoms with Crippen molar-refractivity contribution in [2.24, 2.45) is 5.92 Å². The van der Waals surface area contributed by atoms with E-state index in [0.29, 0.717) is 12.3 Å². The maximum absolute atomic E-state index is 11.3. The summed E-state index contributed by atoms with van der Waals surface area (Å²) in [5.41, 5.74) is 2.16. The van der Waals surface area contributed by atoms with Crippen molar-refractivity contribution in [2.45, 2.75) is 43.2 Å². The van der Waals surface area contributed by atoms with Crippen molar-refractivity contribution in [1.29, 1.82) is 0 Å². The molecule has 0 saturated carbocycles. The highest BCUT2D eigenvalue weighted by atomic mass is 16.5. The molecule has 3 aliphatic rings. The van der Waals surface area contributed by atoms with Gasteiger partial charge in [-0.05, 0) is 17.5 Å². The normalized spacial score (nSPS) is 33.5. The van der Waals surface area contributed by atoms with Gasteiger partial charge in [-0.15, -0.1) is 0 Å². The Morgan fingerprint density at radius 3 is 2.42 bits per heavy atom. The third-order valence-corrected chi connectivity index (χ3v) is 6.27. The highest BCUT2D eigenvalue weighted by Crippen LogP contribution is 2.52. The van der Waals surface area contributed by atoms with Crippen LogP contribution in [0.3, 0.4) is 0 Å². The molecule has 2 aromatic carbocycles. The number of benzene rings is 2. The van der Waals surface area contributed by atoms with Crippen LogP contribution < -0.4 is 0 Å². The van der Waals surface area contributed by atoms with Crippen LogP contribution in [0, 0.1) is 5.92 Å². The van der Waals surface area contributed by atoms with E-state index >= 15 is 0 Å². The molecule has 2 aromatic rings. The molecule has 2 fully saturated rings. The molecule has 5 atom stereocenters. The van der Waals surface area contributed by atoms with Crippen molar-refractivity contribution in [3.8, 4) is 0 Å². The van der Waals surface area contributed by atoms with E-state index in [2.05, 4.69) is 59.5 Å². The van der Waals surface area contributed by atoms with Crippen LogP contribution >= 0.6 is 0 Å². The molecule has 1 N–H and O–H groups in total. The molecule has 26 heavy (non-hydrogen) atoms. The minimum Gasteiger partial charge on any atom is -0.391 e. The highest BCUT2D eigenvalue weighted by molar-refractivity contribution is 5.30. The number of hydrogen-bond donors (Lipinski definition) is 1. The Morgan fingerprint density at radius 1 is 1.04 bits per heavy atom. The van der Waals surface area contributed by atoms with Crippen LogP contribution in [0.2, 0.25) is 0 Å². The van der Waals surface area contributed by atoms with Gasteiger partial charge >= 0.3 is 0 Å². The molecule has 0 radical (unpaired) electrons. The molecule has 0 unspecified atom stereocenters. The first-order chi connectivity index (χ1) is 12.7. The zero-order chi connectivity index (χ0) is 17.6. The monoisotopic (exact) mass is 347 g/mol. The van der Waals surface area contributed by atoms with Gasteiger partial charge in [-0.3, -0.25) is 4.90 Å². The number of likely N-dealkylation sites (tertiary alicyclic amines) is 1. The van der Waals surface area contributed by atoms with Crippen molar-refractivity contribution < 1.29 is 9.84 Å². The van der Waals surface area contributed by atoms with Gasteiger partial charge in [0.05, 0.1) is 18.2 Å². The van der Waals surface area contributed by atoms with Gasteiger partial charge in [-0.2, -0.15) is 0 Å². The summed E-state index contributed by atoms with van der Waals surface area (Å²) >= 11 is 0. The minimum atomic E-state index is -0.451. The van der Waals surface area contributed by atoms with E-state index in [1.807, 2.05) is 18.2 Å². The van der Waals surface area contributed by atoms with E-state index in [9.17, 15) is 5.11 Å². The first-order valence-electron chi connectivity index (χ1n) is 9.62. The van der Waals surface area contributed by atoms with Crippen molar-refractivity contribution in [3.05, 3.63) is 83.9 Å². The van der Waals surface area contributed by atoms with Gasteiger partial charge in [0.2, 0.25) is 0 Å². The molecule has 3 nitrogen and oxygen atoms in total. The topological polar surface area (TPSA) is 32.7 Å². The predicted molar refractivity (Wildman–Crippen MR) is 102 cm³/mol. The molecule has 2 saturated heterocycles. The van der Waals surface area contributed by atoms with Crippen LogP contribution in [0.5, 0.6) is 0 Å². The van der Waals surface area contributed by atoms with Crippen LogP contribution in [0.4, 0.5) is 0 Å². The van der Waals surface area contributed by atoms with Gasteiger partial charge in [-0.1, -0.05) is 72.8 Å². The Morgan fingerprint density at radius 2 is 1.73 bits per heavy atom. The fraction of sp³-hybridized carbons (Fsp3) is 0.391. The van der Waals surface area contributed by atoms with Gasteiger partial charge in [-0.25, -0.2) is 0 Å². The summed E-state index contributed by atoms with van der Waals surface area (Å²) in [7, 11) is 0. The molecule has 1 spiro atoms. The van der Waals surface area contributed by atoms with Crippen LogP contribution in [0.1, 0.15) is 17.5 Å². The van der Waals surface area contributed by atoms with Crippen molar-refractivity contribution in [1.82, 2.24) is 4.90 Å². The molecule has 3 aliphatic heterocycles. The van der Waals surface area contributed by atoms with E-state index < -0.39 is 6.10 Å². The van der Waals surface area contributed by atoms with Crippen molar-refractivity contribution >= 4 is 0 Å². The third kappa shape index (κ3) is 2.62. The maximum atomic E-state index is 11.3. The fourth-order valence-electron chi connectivity index (χ4n) is 5.22. The molecule has 3 heterocycles. The summed E-state index contributed by atoms with van der Waals surface area (Å²) in [6, 6.07) is 20.8. The average Bonchev–Trinajstić information content (AvgIpc) is 3.30. The standard InChI is InChI=1S/C23H25NO2/c25-21(13-17-7-3-1-4-8-17)22-23-12-11-20(26-23)14-19(23)16-24(22)15-18-9-5-2-6-10-18/h1-12,19-22,25H,13-16H2/t19-,20+,21+,22+,23-/m1/s1. The second-order valence-corrected chi connectivity index (χ2v) is 7.92. The van der Waals surface area contributed by atoms with E-state index in [4.69, 9.17) is 4.74 Å². The molecule has 5 rings (SSSR count). The smallest absolute Gasteiger partial charge is 0.109 e. The summed E-state index contributed by atoms with van der Waals surface area (Å²) in [6.07, 6.45) is 5.97. The minimum absolute atomic E-state index is 0.00309. The number of rotatable bonds is 5. The summed E-state index contributed by atoms with van der Waals surface area (Å²) < 4.78 is 6.41. The lowest BCUT2D eigenvalue weighted by Crippen LogP contribution is -2.52. The van der Waals surface area contributed by atoms with E-state index in [-0.39, 0.29) is 17.7 Å². The number of ether oxygens (including phenoxy) is 1. The third-order valence-electron chi connectivity index (χ3n) is 6.27. The van der Waals surface area contributed by atoms with Gasteiger partial charge in [0, 0.05) is 25.4 Å². The molecular formula is C23H25NO2. The highest BCUT2D eigenvalue weighted by Gasteiger charge is 2.62. The first-order valence-corrected chi connectivity index (χ1v) is 9.62. The molecule has 2 bridgehead atoms. The SMILES string of the molecule is O[C@@H](Cc1ccccc1)[C@@H]1N(Cc2ccccc2)C[C@H]2C[C@@H]3C=C[C@@]21O3. The Balaban J connectivity index is 1.44. The predicted octanol–water partition coefficient (Wildman–Crippen LogP) is 3.19. The van der Waals surface area contributed by atoms with Gasteiger partial charge in [0.1, 0.15) is 5.60 Å².